The van der Waals surface area contributed by atoms with Crippen molar-refractivity contribution >= 4 is 5.91 Å². The van der Waals surface area contributed by atoms with Crippen LogP contribution < -0.4 is 9.47 Å². The summed E-state index contributed by atoms with van der Waals surface area (Å²) in [5.41, 5.74) is 1.84. The molecule has 1 saturated heterocycles. The number of ether oxygens (including phenoxy) is 2. The van der Waals surface area contributed by atoms with Gasteiger partial charge in [-0.1, -0.05) is 6.07 Å². The lowest BCUT2D eigenvalue weighted by Gasteiger charge is -2.33. The average Bonchev–Trinajstić information content (AvgIpc) is 2.68. The second-order valence-corrected chi connectivity index (χ2v) is 6.43. The SMILES string of the molecule is COc1cc(OC)cc(C(=O)N2CCC[C@@H](Cc3cccnc3)C2)c1. The first kappa shape index (κ1) is 17.3. The third-order valence-corrected chi connectivity index (χ3v) is 4.65. The van der Waals surface area contributed by atoms with Gasteiger partial charge in [-0.2, -0.15) is 0 Å². The smallest absolute Gasteiger partial charge is 0.254 e. The molecule has 1 aromatic carbocycles. The topological polar surface area (TPSA) is 51.7 Å². The van der Waals surface area contributed by atoms with Crippen LogP contribution in [0.3, 0.4) is 0 Å². The molecule has 0 N–H and O–H groups in total. The molecule has 1 fully saturated rings. The lowest BCUT2D eigenvalue weighted by atomic mass is 9.91. The van der Waals surface area contributed by atoms with Crippen LogP contribution in [0.25, 0.3) is 0 Å². The van der Waals surface area contributed by atoms with Crippen LogP contribution in [-0.2, 0) is 6.42 Å². The molecule has 0 saturated carbocycles. The Bertz CT molecular complexity index is 696. The highest BCUT2D eigenvalue weighted by Crippen LogP contribution is 2.26. The Morgan fingerprint density at radius 3 is 2.64 bits per heavy atom. The molecular formula is C20H24N2O3. The van der Waals surface area contributed by atoms with Crippen molar-refractivity contribution in [2.45, 2.75) is 19.3 Å². The molecule has 1 aliphatic rings. The van der Waals surface area contributed by atoms with E-state index in [0.29, 0.717) is 23.0 Å². The van der Waals surface area contributed by atoms with Crippen LogP contribution in [0.2, 0.25) is 0 Å². The highest BCUT2D eigenvalue weighted by atomic mass is 16.5. The molecule has 1 atom stereocenters. The number of carbonyl (C=O) groups excluding carboxylic acids is 1. The van der Waals surface area contributed by atoms with Crippen molar-refractivity contribution in [1.29, 1.82) is 0 Å². The van der Waals surface area contributed by atoms with Gasteiger partial charge in [-0.25, -0.2) is 0 Å². The maximum Gasteiger partial charge on any atom is 0.254 e. The number of benzene rings is 1. The van der Waals surface area contributed by atoms with Crippen LogP contribution in [0, 0.1) is 5.92 Å². The normalized spacial score (nSPS) is 17.2. The molecule has 5 heteroatoms. The summed E-state index contributed by atoms with van der Waals surface area (Å²) >= 11 is 0. The monoisotopic (exact) mass is 340 g/mol. The molecule has 0 spiro atoms. The van der Waals surface area contributed by atoms with Gasteiger partial charge in [0.2, 0.25) is 0 Å². The minimum Gasteiger partial charge on any atom is -0.497 e. The summed E-state index contributed by atoms with van der Waals surface area (Å²) in [6.45, 7) is 1.56. The third kappa shape index (κ3) is 4.29. The van der Waals surface area contributed by atoms with E-state index >= 15 is 0 Å². The molecule has 1 amide bonds. The Morgan fingerprint density at radius 1 is 1.24 bits per heavy atom. The van der Waals surface area contributed by atoms with Crippen molar-refractivity contribution in [3.05, 3.63) is 53.9 Å². The molecule has 0 aliphatic carbocycles. The number of hydrogen-bond donors (Lipinski definition) is 0. The van der Waals surface area contributed by atoms with Gasteiger partial charge in [0.1, 0.15) is 11.5 Å². The van der Waals surface area contributed by atoms with Crippen molar-refractivity contribution in [2.24, 2.45) is 5.92 Å². The predicted molar refractivity (Wildman–Crippen MR) is 96.1 cm³/mol. The second kappa shape index (κ2) is 8.01. The van der Waals surface area contributed by atoms with Crippen LogP contribution in [0.4, 0.5) is 0 Å². The second-order valence-electron chi connectivity index (χ2n) is 6.43. The number of amides is 1. The van der Waals surface area contributed by atoms with Crippen molar-refractivity contribution < 1.29 is 14.3 Å². The number of methoxy groups -OCH3 is 2. The van der Waals surface area contributed by atoms with E-state index in [-0.39, 0.29) is 5.91 Å². The van der Waals surface area contributed by atoms with Gasteiger partial charge in [0, 0.05) is 37.1 Å². The number of hydrogen-bond acceptors (Lipinski definition) is 4. The van der Waals surface area contributed by atoms with Gasteiger partial charge >= 0.3 is 0 Å². The number of piperidine rings is 1. The standard InChI is InChI=1S/C20H24N2O3/c1-24-18-10-17(11-19(12-18)25-2)20(23)22-8-4-6-16(14-22)9-15-5-3-7-21-13-15/h3,5,7,10-13,16H,4,6,8-9,14H2,1-2H3/t16-/m0/s1. The van der Waals surface area contributed by atoms with Crippen LogP contribution in [0.5, 0.6) is 11.5 Å². The van der Waals surface area contributed by atoms with Gasteiger partial charge in [-0.05, 0) is 48.9 Å². The Labute approximate surface area is 148 Å². The molecule has 0 unspecified atom stereocenters. The van der Waals surface area contributed by atoms with E-state index in [1.165, 1.54) is 5.56 Å². The van der Waals surface area contributed by atoms with E-state index < -0.39 is 0 Å². The Hall–Kier alpha value is -2.56. The van der Waals surface area contributed by atoms with Crippen LogP contribution in [0.1, 0.15) is 28.8 Å². The maximum absolute atomic E-state index is 12.9. The number of nitrogens with zero attached hydrogens (tertiary/aromatic N) is 2. The quantitative estimate of drug-likeness (QED) is 0.839. The van der Waals surface area contributed by atoms with E-state index in [0.717, 1.165) is 32.4 Å². The fourth-order valence-corrected chi connectivity index (χ4v) is 3.38. The summed E-state index contributed by atoms with van der Waals surface area (Å²) < 4.78 is 10.6. The number of aromatic nitrogens is 1. The molecule has 5 nitrogen and oxygen atoms in total. The van der Waals surface area contributed by atoms with Gasteiger partial charge in [0.05, 0.1) is 14.2 Å². The van der Waals surface area contributed by atoms with Crippen molar-refractivity contribution in [3.63, 3.8) is 0 Å². The Morgan fingerprint density at radius 2 is 2.00 bits per heavy atom. The first-order valence-corrected chi connectivity index (χ1v) is 8.61. The van der Waals surface area contributed by atoms with Crippen molar-refractivity contribution in [1.82, 2.24) is 9.88 Å². The molecule has 1 aromatic heterocycles. The number of carbonyl (C=O) groups is 1. The molecular weight excluding hydrogens is 316 g/mol. The zero-order valence-electron chi connectivity index (χ0n) is 14.8. The van der Waals surface area contributed by atoms with Gasteiger partial charge in [0.15, 0.2) is 0 Å². The third-order valence-electron chi connectivity index (χ3n) is 4.65. The molecule has 2 heterocycles. The minimum atomic E-state index is 0.0353. The molecule has 0 bridgehead atoms. The first-order valence-electron chi connectivity index (χ1n) is 8.61. The number of pyridine rings is 1. The van der Waals surface area contributed by atoms with Crippen molar-refractivity contribution in [3.8, 4) is 11.5 Å². The fourth-order valence-electron chi connectivity index (χ4n) is 3.38. The van der Waals surface area contributed by atoms with Gasteiger partial charge in [-0.3, -0.25) is 9.78 Å². The van der Waals surface area contributed by atoms with Gasteiger partial charge < -0.3 is 14.4 Å². The molecule has 132 valence electrons. The van der Waals surface area contributed by atoms with Crippen LogP contribution >= 0.6 is 0 Å². The lowest BCUT2D eigenvalue weighted by molar-refractivity contribution is 0.0672. The summed E-state index contributed by atoms with van der Waals surface area (Å²) in [4.78, 5) is 19.1. The molecule has 0 radical (unpaired) electrons. The molecule has 3 rings (SSSR count). The maximum atomic E-state index is 12.9. The summed E-state index contributed by atoms with van der Waals surface area (Å²) in [6.07, 6.45) is 6.82. The van der Waals surface area contributed by atoms with Crippen molar-refractivity contribution in [2.75, 3.05) is 27.3 Å². The van der Waals surface area contributed by atoms with Gasteiger partial charge in [0.25, 0.3) is 5.91 Å². The van der Waals surface area contributed by atoms with Crippen LogP contribution in [0.15, 0.2) is 42.7 Å². The average molecular weight is 340 g/mol. The highest BCUT2D eigenvalue weighted by molar-refractivity contribution is 5.95. The zero-order valence-corrected chi connectivity index (χ0v) is 14.8. The zero-order chi connectivity index (χ0) is 17.6. The Kier molecular flexibility index (Phi) is 5.53. The van der Waals surface area contributed by atoms with E-state index in [1.807, 2.05) is 17.2 Å². The molecule has 2 aromatic rings. The van der Waals surface area contributed by atoms with E-state index in [2.05, 4.69) is 11.1 Å². The summed E-state index contributed by atoms with van der Waals surface area (Å²) in [5.74, 6) is 1.76. The number of likely N-dealkylation sites (tertiary alicyclic amines) is 1. The van der Waals surface area contributed by atoms with Crippen LogP contribution in [-0.4, -0.2) is 43.1 Å². The number of rotatable bonds is 5. The highest BCUT2D eigenvalue weighted by Gasteiger charge is 2.25. The van der Waals surface area contributed by atoms with E-state index in [1.54, 1.807) is 38.6 Å². The molecule has 25 heavy (non-hydrogen) atoms. The predicted octanol–water partition coefficient (Wildman–Crippen LogP) is 3.19. The fraction of sp³-hybridized carbons (Fsp3) is 0.400. The van der Waals surface area contributed by atoms with E-state index in [4.69, 9.17) is 9.47 Å². The summed E-state index contributed by atoms with van der Waals surface area (Å²) in [7, 11) is 3.18. The first-order chi connectivity index (χ1) is 12.2. The lowest BCUT2D eigenvalue weighted by Crippen LogP contribution is -2.40. The van der Waals surface area contributed by atoms with Gasteiger partial charge in [-0.15, -0.1) is 0 Å². The summed E-state index contributed by atoms with van der Waals surface area (Å²) in [6, 6.07) is 9.38. The minimum absolute atomic E-state index is 0.0353. The van der Waals surface area contributed by atoms with E-state index in [9.17, 15) is 4.79 Å². The Balaban J connectivity index is 1.71. The largest absolute Gasteiger partial charge is 0.497 e. The molecule has 1 aliphatic heterocycles. The summed E-state index contributed by atoms with van der Waals surface area (Å²) in [5, 5.41) is 0.